The van der Waals surface area contributed by atoms with Gasteiger partial charge in [-0.2, -0.15) is 5.10 Å². The second-order valence-corrected chi connectivity index (χ2v) is 7.59. The monoisotopic (exact) mass is 432 g/mol. The van der Waals surface area contributed by atoms with E-state index in [1.165, 1.54) is 4.90 Å². The van der Waals surface area contributed by atoms with Crippen LogP contribution in [0.1, 0.15) is 12.1 Å². The molecule has 1 aliphatic heterocycles. The maximum atomic E-state index is 12.3. The Morgan fingerprint density at radius 3 is 2.69 bits per heavy atom. The predicted octanol–water partition coefficient (Wildman–Crippen LogP) is 1.72. The molecule has 0 unspecified atom stereocenters. The van der Waals surface area contributed by atoms with Crippen LogP contribution in [0.2, 0.25) is 0 Å². The first-order valence-corrected chi connectivity index (χ1v) is 9.95. The highest BCUT2D eigenvalue weighted by molar-refractivity contribution is 5.88. The van der Waals surface area contributed by atoms with Crippen molar-refractivity contribution < 1.29 is 14.4 Å². The second kappa shape index (κ2) is 7.54. The van der Waals surface area contributed by atoms with Gasteiger partial charge < -0.3 is 19.8 Å². The van der Waals surface area contributed by atoms with Crippen LogP contribution in [0.5, 0.6) is 0 Å². The molecule has 0 spiro atoms. The molecule has 1 amide bonds. The SMILES string of the molecule is CN1CC[C@@](O)(c2cc(-c3cccc(-c4ccnc(Nc5ccn(C)n5)n4)n3)on2)C1=O. The molecular formula is C21H20N8O3. The molecule has 4 aromatic heterocycles. The van der Waals surface area contributed by atoms with E-state index in [0.29, 0.717) is 41.2 Å². The fraction of sp³-hybridized carbons (Fsp3) is 0.238. The number of hydrogen-bond acceptors (Lipinski definition) is 9. The Labute approximate surface area is 182 Å². The van der Waals surface area contributed by atoms with Crippen molar-refractivity contribution in [3.05, 3.63) is 54.5 Å². The van der Waals surface area contributed by atoms with Gasteiger partial charge in [0.2, 0.25) is 5.95 Å². The van der Waals surface area contributed by atoms with Gasteiger partial charge in [-0.25, -0.2) is 15.0 Å². The summed E-state index contributed by atoms with van der Waals surface area (Å²) in [7, 11) is 3.47. The third-order valence-electron chi connectivity index (χ3n) is 5.32. The topological polar surface area (TPSA) is 135 Å². The van der Waals surface area contributed by atoms with Crippen molar-refractivity contribution in [2.45, 2.75) is 12.0 Å². The van der Waals surface area contributed by atoms with Crippen molar-refractivity contribution in [3.63, 3.8) is 0 Å². The molecule has 1 atom stereocenters. The molecule has 32 heavy (non-hydrogen) atoms. The number of anilines is 2. The number of likely N-dealkylation sites (N-methyl/N-ethyl adjacent to an activating group) is 1. The number of nitrogens with zero attached hydrogens (tertiary/aromatic N) is 7. The Morgan fingerprint density at radius 1 is 1.12 bits per heavy atom. The van der Waals surface area contributed by atoms with Crippen molar-refractivity contribution in [2.75, 3.05) is 18.9 Å². The van der Waals surface area contributed by atoms with Crippen molar-refractivity contribution >= 4 is 17.7 Å². The Balaban J connectivity index is 1.42. The Hall–Kier alpha value is -4.12. The van der Waals surface area contributed by atoms with Crippen LogP contribution in [0.3, 0.4) is 0 Å². The number of nitrogens with one attached hydrogen (secondary N) is 1. The van der Waals surface area contributed by atoms with Crippen molar-refractivity contribution in [3.8, 4) is 22.8 Å². The number of aryl methyl sites for hydroxylation is 1. The Bertz CT molecular complexity index is 1300. The lowest BCUT2D eigenvalue weighted by Crippen LogP contribution is -2.36. The third kappa shape index (κ3) is 3.48. The molecule has 11 heteroatoms. The van der Waals surface area contributed by atoms with Gasteiger partial charge in [0.1, 0.15) is 11.4 Å². The second-order valence-electron chi connectivity index (χ2n) is 7.59. The van der Waals surface area contributed by atoms with Crippen LogP contribution >= 0.6 is 0 Å². The number of aliphatic hydroxyl groups is 1. The standard InChI is InChI=1S/C21H20N8O3/c1-28-11-8-21(31,19(28)30)17-12-16(32-27-17)15-5-3-4-13(23-15)14-6-9-22-20(24-14)25-18-7-10-29(2)26-18/h3-7,9-10,12,31H,8,11H2,1-2H3,(H,22,24,25,26)/t21-/m1/s1. The number of carbonyl (C=O) groups excluding carboxylic acids is 1. The number of aromatic nitrogens is 6. The molecule has 1 saturated heterocycles. The fourth-order valence-electron chi connectivity index (χ4n) is 3.55. The molecule has 162 valence electrons. The minimum Gasteiger partial charge on any atom is -0.374 e. The summed E-state index contributed by atoms with van der Waals surface area (Å²) in [5.74, 6) is 0.971. The van der Waals surface area contributed by atoms with E-state index in [2.05, 4.69) is 30.5 Å². The maximum Gasteiger partial charge on any atom is 0.260 e. The normalized spacial score (nSPS) is 18.3. The van der Waals surface area contributed by atoms with E-state index in [9.17, 15) is 9.90 Å². The number of carbonyl (C=O) groups is 1. The Kier molecular flexibility index (Phi) is 4.67. The quantitative estimate of drug-likeness (QED) is 0.483. The summed E-state index contributed by atoms with van der Waals surface area (Å²) >= 11 is 0. The zero-order valence-corrected chi connectivity index (χ0v) is 17.4. The summed E-state index contributed by atoms with van der Waals surface area (Å²) in [5.41, 5.74) is 0.209. The van der Waals surface area contributed by atoms with Crippen molar-refractivity contribution in [1.29, 1.82) is 0 Å². The number of amides is 1. The lowest BCUT2D eigenvalue weighted by atomic mass is 9.97. The van der Waals surface area contributed by atoms with E-state index in [1.807, 2.05) is 31.4 Å². The van der Waals surface area contributed by atoms with E-state index in [-0.39, 0.29) is 12.1 Å². The molecule has 2 N–H and O–H groups in total. The molecule has 1 fully saturated rings. The smallest absolute Gasteiger partial charge is 0.260 e. The third-order valence-corrected chi connectivity index (χ3v) is 5.32. The van der Waals surface area contributed by atoms with Crippen molar-refractivity contribution in [1.82, 2.24) is 34.8 Å². The zero-order chi connectivity index (χ0) is 22.3. The van der Waals surface area contributed by atoms with E-state index in [4.69, 9.17) is 4.52 Å². The maximum absolute atomic E-state index is 12.3. The lowest BCUT2D eigenvalue weighted by molar-refractivity contribution is -0.143. The van der Waals surface area contributed by atoms with Crippen LogP contribution in [0.15, 0.2) is 53.3 Å². The van der Waals surface area contributed by atoms with Crippen LogP contribution in [-0.2, 0) is 17.4 Å². The number of hydrogen-bond donors (Lipinski definition) is 2. The number of rotatable bonds is 5. The molecule has 0 bridgehead atoms. The number of likely N-dealkylation sites (tertiary alicyclic amines) is 1. The largest absolute Gasteiger partial charge is 0.374 e. The molecule has 5 rings (SSSR count). The molecule has 0 radical (unpaired) electrons. The van der Waals surface area contributed by atoms with Crippen LogP contribution < -0.4 is 5.32 Å². The molecule has 0 aliphatic carbocycles. The molecule has 4 aromatic rings. The van der Waals surface area contributed by atoms with Crippen LogP contribution in [-0.4, -0.2) is 59.4 Å². The molecule has 0 aromatic carbocycles. The summed E-state index contributed by atoms with van der Waals surface area (Å²) in [5, 5.41) is 22.0. The molecule has 5 heterocycles. The summed E-state index contributed by atoms with van der Waals surface area (Å²) < 4.78 is 7.09. The van der Waals surface area contributed by atoms with Gasteiger partial charge in [-0.05, 0) is 18.2 Å². The molecule has 11 nitrogen and oxygen atoms in total. The number of pyridine rings is 1. The van der Waals surface area contributed by atoms with E-state index in [1.54, 1.807) is 36.1 Å². The summed E-state index contributed by atoms with van der Waals surface area (Å²) in [6, 6.07) is 10.5. The van der Waals surface area contributed by atoms with Gasteiger partial charge in [0, 0.05) is 51.6 Å². The van der Waals surface area contributed by atoms with Crippen LogP contribution in [0.4, 0.5) is 11.8 Å². The highest BCUT2D eigenvalue weighted by atomic mass is 16.5. The van der Waals surface area contributed by atoms with Gasteiger partial charge in [-0.15, -0.1) is 0 Å². The Morgan fingerprint density at radius 2 is 1.94 bits per heavy atom. The minimum atomic E-state index is -1.67. The fourth-order valence-corrected chi connectivity index (χ4v) is 3.55. The average Bonchev–Trinajstić information content (AvgIpc) is 3.52. The van der Waals surface area contributed by atoms with Gasteiger partial charge >= 0.3 is 0 Å². The minimum absolute atomic E-state index is 0.179. The molecule has 1 aliphatic rings. The molecule has 0 saturated carbocycles. The summed E-state index contributed by atoms with van der Waals surface area (Å²) in [4.78, 5) is 27.2. The summed E-state index contributed by atoms with van der Waals surface area (Å²) in [6.07, 6.45) is 3.71. The first kappa shape index (κ1) is 19.8. The van der Waals surface area contributed by atoms with Crippen LogP contribution in [0, 0.1) is 0 Å². The van der Waals surface area contributed by atoms with Gasteiger partial charge in [0.25, 0.3) is 5.91 Å². The predicted molar refractivity (Wildman–Crippen MR) is 113 cm³/mol. The highest BCUT2D eigenvalue weighted by Gasteiger charge is 2.47. The first-order chi connectivity index (χ1) is 15.4. The lowest BCUT2D eigenvalue weighted by Gasteiger charge is -2.16. The van der Waals surface area contributed by atoms with Gasteiger partial charge in [0.05, 0.1) is 11.4 Å². The average molecular weight is 432 g/mol. The highest BCUT2D eigenvalue weighted by Crippen LogP contribution is 2.34. The van der Waals surface area contributed by atoms with Crippen molar-refractivity contribution in [2.24, 2.45) is 7.05 Å². The summed E-state index contributed by atoms with van der Waals surface area (Å²) in [6.45, 7) is 0.452. The zero-order valence-electron chi connectivity index (χ0n) is 17.4. The van der Waals surface area contributed by atoms with E-state index >= 15 is 0 Å². The molecular weight excluding hydrogens is 412 g/mol. The van der Waals surface area contributed by atoms with Crippen LogP contribution in [0.25, 0.3) is 22.8 Å². The van der Waals surface area contributed by atoms with Gasteiger partial charge in [0.15, 0.2) is 17.2 Å². The first-order valence-electron chi connectivity index (χ1n) is 9.95. The van der Waals surface area contributed by atoms with E-state index < -0.39 is 11.5 Å². The van der Waals surface area contributed by atoms with Gasteiger partial charge in [-0.1, -0.05) is 11.2 Å². The van der Waals surface area contributed by atoms with Gasteiger partial charge in [-0.3, -0.25) is 9.48 Å². The van der Waals surface area contributed by atoms with E-state index in [0.717, 1.165) is 0 Å².